The van der Waals surface area contributed by atoms with Crippen LogP contribution in [0, 0.1) is 5.92 Å². The molecule has 0 aliphatic carbocycles. The Hall–Kier alpha value is -2.34. The third-order valence-corrected chi connectivity index (χ3v) is 5.28. The molecule has 3 rings (SSSR count). The van der Waals surface area contributed by atoms with Crippen molar-refractivity contribution in [3.05, 3.63) is 53.3 Å². The van der Waals surface area contributed by atoms with Crippen molar-refractivity contribution in [2.75, 3.05) is 20.1 Å². The first-order chi connectivity index (χ1) is 13.2. The number of likely N-dealkylation sites (tertiary alicyclic amines) is 1. The third-order valence-electron chi connectivity index (χ3n) is 5.28. The van der Waals surface area contributed by atoms with Gasteiger partial charge in [-0.1, -0.05) is 31.2 Å². The molecule has 1 saturated heterocycles. The summed E-state index contributed by atoms with van der Waals surface area (Å²) in [7, 11) is 3.75. The van der Waals surface area contributed by atoms with E-state index in [1.807, 2.05) is 24.0 Å². The van der Waals surface area contributed by atoms with Crippen LogP contribution in [-0.4, -0.2) is 40.8 Å². The highest BCUT2D eigenvalue weighted by atomic mass is 15.3. The minimum atomic E-state index is 0.698. The van der Waals surface area contributed by atoms with E-state index in [-0.39, 0.29) is 0 Å². The van der Waals surface area contributed by atoms with Gasteiger partial charge < -0.3 is 10.6 Å². The topological polar surface area (TPSA) is 57.5 Å². The van der Waals surface area contributed by atoms with Crippen LogP contribution in [0.25, 0.3) is 0 Å². The number of hydrogen-bond acceptors (Lipinski definition) is 3. The Morgan fingerprint density at radius 3 is 2.67 bits per heavy atom. The van der Waals surface area contributed by atoms with Crippen LogP contribution in [0.3, 0.4) is 0 Å². The number of benzene rings is 1. The molecular weight excluding hydrogens is 336 g/mol. The number of nitrogens with zero attached hydrogens (tertiary/aromatic N) is 4. The van der Waals surface area contributed by atoms with Gasteiger partial charge in [0, 0.05) is 39.9 Å². The highest BCUT2D eigenvalue weighted by Crippen LogP contribution is 2.19. The van der Waals surface area contributed by atoms with E-state index < -0.39 is 0 Å². The summed E-state index contributed by atoms with van der Waals surface area (Å²) in [6.45, 7) is 7.27. The maximum Gasteiger partial charge on any atom is 0.191 e. The van der Waals surface area contributed by atoms with Crippen molar-refractivity contribution in [3.63, 3.8) is 0 Å². The molecular formula is C21H32N6. The van der Waals surface area contributed by atoms with Crippen LogP contribution >= 0.6 is 0 Å². The van der Waals surface area contributed by atoms with Gasteiger partial charge >= 0.3 is 0 Å². The number of guanidine groups is 1. The highest BCUT2D eigenvalue weighted by Gasteiger charge is 2.17. The highest BCUT2D eigenvalue weighted by molar-refractivity contribution is 5.79. The first-order valence-corrected chi connectivity index (χ1v) is 9.86. The fourth-order valence-corrected chi connectivity index (χ4v) is 3.70. The number of aliphatic imine (C=N–C) groups is 1. The molecule has 27 heavy (non-hydrogen) atoms. The molecule has 0 amide bonds. The molecule has 1 aromatic carbocycles. The third kappa shape index (κ3) is 5.57. The van der Waals surface area contributed by atoms with E-state index in [1.165, 1.54) is 37.1 Å². The van der Waals surface area contributed by atoms with E-state index in [0.29, 0.717) is 6.54 Å². The lowest BCUT2D eigenvalue weighted by Gasteiger charge is -2.31. The van der Waals surface area contributed by atoms with Gasteiger partial charge in [-0.05, 0) is 42.5 Å². The van der Waals surface area contributed by atoms with E-state index in [9.17, 15) is 0 Å². The summed E-state index contributed by atoms with van der Waals surface area (Å²) < 4.78 is 1.87. The lowest BCUT2D eigenvalue weighted by Crippen LogP contribution is -2.37. The molecule has 0 radical (unpaired) electrons. The largest absolute Gasteiger partial charge is 0.352 e. The second kappa shape index (κ2) is 9.55. The van der Waals surface area contributed by atoms with Gasteiger partial charge in [-0.3, -0.25) is 14.6 Å². The Kier molecular flexibility index (Phi) is 6.87. The van der Waals surface area contributed by atoms with E-state index in [4.69, 9.17) is 0 Å². The minimum Gasteiger partial charge on any atom is -0.352 e. The molecule has 1 atom stereocenters. The molecule has 2 N–H and O–H groups in total. The Bertz CT molecular complexity index is 751. The zero-order valence-electron chi connectivity index (χ0n) is 16.8. The molecule has 0 bridgehead atoms. The van der Waals surface area contributed by atoms with Crippen molar-refractivity contribution in [2.24, 2.45) is 18.0 Å². The Morgan fingerprint density at radius 1 is 1.19 bits per heavy atom. The number of aryl methyl sites for hydroxylation is 1. The Labute approximate surface area is 162 Å². The van der Waals surface area contributed by atoms with E-state index >= 15 is 0 Å². The predicted molar refractivity (Wildman–Crippen MR) is 110 cm³/mol. The van der Waals surface area contributed by atoms with Crippen molar-refractivity contribution in [3.8, 4) is 0 Å². The van der Waals surface area contributed by atoms with E-state index in [2.05, 4.69) is 56.8 Å². The maximum absolute atomic E-state index is 4.34. The van der Waals surface area contributed by atoms with Crippen LogP contribution in [0.15, 0.2) is 41.5 Å². The summed E-state index contributed by atoms with van der Waals surface area (Å²) in [6.07, 6.45) is 4.48. The van der Waals surface area contributed by atoms with Crippen molar-refractivity contribution < 1.29 is 0 Å². The first-order valence-electron chi connectivity index (χ1n) is 9.86. The second-order valence-corrected chi connectivity index (χ2v) is 7.48. The Balaban J connectivity index is 1.56. The van der Waals surface area contributed by atoms with Crippen LogP contribution in [0.5, 0.6) is 0 Å². The first kappa shape index (κ1) is 19.4. The molecule has 1 fully saturated rings. The summed E-state index contributed by atoms with van der Waals surface area (Å²) in [6, 6.07) is 10.7. The van der Waals surface area contributed by atoms with Crippen molar-refractivity contribution in [2.45, 2.75) is 39.4 Å². The molecule has 1 aromatic heterocycles. The lowest BCUT2D eigenvalue weighted by atomic mass is 9.99. The lowest BCUT2D eigenvalue weighted by molar-refractivity contribution is 0.176. The normalized spacial score (nSPS) is 18.5. The van der Waals surface area contributed by atoms with Crippen LogP contribution in [0.2, 0.25) is 0 Å². The van der Waals surface area contributed by atoms with Crippen molar-refractivity contribution in [1.29, 1.82) is 0 Å². The quantitative estimate of drug-likeness (QED) is 0.608. The van der Waals surface area contributed by atoms with Gasteiger partial charge in [-0.2, -0.15) is 5.10 Å². The number of aromatic nitrogens is 2. The van der Waals surface area contributed by atoms with Gasteiger partial charge in [0.05, 0.1) is 12.2 Å². The van der Waals surface area contributed by atoms with Gasteiger partial charge in [0.2, 0.25) is 0 Å². The fraction of sp³-hybridized carbons (Fsp3) is 0.524. The number of hydrogen-bond donors (Lipinski definition) is 2. The van der Waals surface area contributed by atoms with Gasteiger partial charge in [0.15, 0.2) is 5.96 Å². The number of nitrogens with one attached hydrogen (secondary N) is 2. The van der Waals surface area contributed by atoms with Gasteiger partial charge in [0.25, 0.3) is 0 Å². The monoisotopic (exact) mass is 368 g/mol. The van der Waals surface area contributed by atoms with Crippen LogP contribution in [-0.2, 0) is 26.7 Å². The average molecular weight is 369 g/mol. The molecule has 146 valence electrons. The van der Waals surface area contributed by atoms with Crippen LogP contribution < -0.4 is 10.6 Å². The second-order valence-electron chi connectivity index (χ2n) is 7.48. The fourth-order valence-electron chi connectivity index (χ4n) is 3.70. The average Bonchev–Trinajstić information content (AvgIpc) is 3.08. The Morgan fingerprint density at radius 2 is 1.96 bits per heavy atom. The van der Waals surface area contributed by atoms with Gasteiger partial charge in [-0.25, -0.2) is 0 Å². The van der Waals surface area contributed by atoms with Crippen LogP contribution in [0.1, 0.15) is 36.6 Å². The predicted octanol–water partition coefficient (Wildman–Crippen LogP) is 2.52. The molecule has 0 saturated carbocycles. The van der Waals surface area contributed by atoms with Crippen molar-refractivity contribution in [1.82, 2.24) is 25.3 Å². The van der Waals surface area contributed by atoms with Crippen molar-refractivity contribution >= 4 is 5.96 Å². The van der Waals surface area contributed by atoms with Gasteiger partial charge in [-0.15, -0.1) is 0 Å². The smallest absolute Gasteiger partial charge is 0.191 e. The summed E-state index contributed by atoms with van der Waals surface area (Å²) in [4.78, 5) is 6.93. The summed E-state index contributed by atoms with van der Waals surface area (Å²) in [5.41, 5.74) is 3.86. The maximum atomic E-state index is 4.34. The minimum absolute atomic E-state index is 0.698. The molecule has 1 aliphatic rings. The summed E-state index contributed by atoms with van der Waals surface area (Å²) in [5, 5.41) is 11.0. The molecule has 1 aliphatic heterocycles. The summed E-state index contributed by atoms with van der Waals surface area (Å²) >= 11 is 0. The summed E-state index contributed by atoms with van der Waals surface area (Å²) in [5.74, 6) is 1.61. The molecule has 0 spiro atoms. The van der Waals surface area contributed by atoms with E-state index in [1.54, 1.807) is 7.05 Å². The number of rotatable bonds is 6. The molecule has 2 heterocycles. The van der Waals surface area contributed by atoms with Crippen LogP contribution in [0.4, 0.5) is 0 Å². The molecule has 6 nitrogen and oxygen atoms in total. The zero-order valence-corrected chi connectivity index (χ0v) is 16.8. The molecule has 6 heteroatoms. The van der Waals surface area contributed by atoms with E-state index in [0.717, 1.165) is 30.7 Å². The molecule has 1 unspecified atom stereocenters. The standard InChI is InChI=1S/C21H32N6/c1-17-7-6-12-27(15-17)16-19-9-5-4-8-18(19)13-23-21(22-2)24-14-20-10-11-25-26(20)3/h4-5,8-11,17H,6-7,12-16H2,1-3H3,(H2,22,23,24). The number of piperidine rings is 1. The van der Waals surface area contributed by atoms with Gasteiger partial charge in [0.1, 0.15) is 0 Å². The molecule has 2 aromatic rings. The zero-order chi connectivity index (χ0) is 19.1. The SMILES string of the molecule is CN=C(NCc1ccccc1CN1CCCC(C)C1)NCc1ccnn1C.